The Morgan fingerprint density at radius 2 is 1.75 bits per heavy atom. The third kappa shape index (κ3) is 1.47. The molecule has 0 saturated carbocycles. The third-order valence-electron chi connectivity index (χ3n) is 2.07. The first-order chi connectivity index (χ1) is 5.52. The van der Waals surface area contributed by atoms with Crippen molar-refractivity contribution in [3.05, 3.63) is 28.8 Å². The van der Waals surface area contributed by atoms with Gasteiger partial charge in [-0.25, -0.2) is 0 Å². The molecule has 0 saturated heterocycles. The highest BCUT2D eigenvalue weighted by molar-refractivity contribution is 6.01. The monoisotopic (exact) mass is 162 g/mol. The van der Waals surface area contributed by atoms with Crippen molar-refractivity contribution in [1.29, 1.82) is 5.41 Å². The van der Waals surface area contributed by atoms with E-state index >= 15 is 0 Å². The highest BCUT2D eigenvalue weighted by atomic mass is 14.6. The fourth-order valence-corrected chi connectivity index (χ4v) is 1.16. The van der Waals surface area contributed by atoms with Crippen LogP contribution in [-0.2, 0) is 0 Å². The van der Waals surface area contributed by atoms with Crippen LogP contribution in [0.5, 0.6) is 0 Å². The summed E-state index contributed by atoms with van der Waals surface area (Å²) < 4.78 is 0. The van der Waals surface area contributed by atoms with Crippen molar-refractivity contribution in [2.24, 2.45) is 0 Å². The molecule has 0 spiro atoms. The van der Waals surface area contributed by atoms with E-state index in [9.17, 15) is 0 Å². The normalized spacial score (nSPS) is 9.92. The molecule has 3 N–H and O–H groups in total. The summed E-state index contributed by atoms with van der Waals surface area (Å²) in [6, 6.07) is 3.88. The van der Waals surface area contributed by atoms with Gasteiger partial charge in [-0.3, -0.25) is 0 Å². The van der Waals surface area contributed by atoms with Gasteiger partial charge in [-0.2, -0.15) is 0 Å². The van der Waals surface area contributed by atoms with Gasteiger partial charge in [0.15, 0.2) is 0 Å². The van der Waals surface area contributed by atoms with Crippen LogP contribution in [0.15, 0.2) is 12.1 Å². The lowest BCUT2D eigenvalue weighted by molar-refractivity contribution is 1.32. The Labute approximate surface area is 72.9 Å². The van der Waals surface area contributed by atoms with Gasteiger partial charge in [0, 0.05) is 17.0 Å². The zero-order chi connectivity index (χ0) is 9.30. The average Bonchev–Trinajstić information content (AvgIpc) is 1.96. The molecule has 0 aromatic heterocycles. The maximum absolute atomic E-state index is 7.46. The van der Waals surface area contributed by atoms with Gasteiger partial charge in [-0.1, -0.05) is 0 Å². The van der Waals surface area contributed by atoms with Crippen molar-refractivity contribution in [3.8, 4) is 0 Å². The second-order valence-corrected chi connectivity index (χ2v) is 3.15. The Bertz CT molecular complexity index is 327. The minimum atomic E-state index is 0.524. The molecule has 1 aromatic carbocycles. The van der Waals surface area contributed by atoms with Crippen molar-refractivity contribution in [2.75, 3.05) is 5.73 Å². The van der Waals surface area contributed by atoms with Gasteiger partial charge in [0.05, 0.1) is 0 Å². The van der Waals surface area contributed by atoms with Crippen molar-refractivity contribution in [1.82, 2.24) is 0 Å². The van der Waals surface area contributed by atoms with Gasteiger partial charge < -0.3 is 11.1 Å². The molecule has 0 atom stereocenters. The highest BCUT2D eigenvalue weighted by Crippen LogP contribution is 2.17. The van der Waals surface area contributed by atoms with Crippen LogP contribution >= 0.6 is 0 Å². The second kappa shape index (κ2) is 2.97. The predicted octanol–water partition coefficient (Wildman–Crippen LogP) is 2.27. The molecule has 2 nitrogen and oxygen atoms in total. The number of rotatable bonds is 1. The van der Waals surface area contributed by atoms with Gasteiger partial charge in [0.1, 0.15) is 0 Å². The molecular formula is C10H14N2. The van der Waals surface area contributed by atoms with Gasteiger partial charge in [0.2, 0.25) is 0 Å². The van der Waals surface area contributed by atoms with Crippen LogP contribution < -0.4 is 5.73 Å². The SMILES string of the molecule is CC(=N)c1cc(C)c(C)cc1N. The number of benzene rings is 1. The van der Waals surface area contributed by atoms with Gasteiger partial charge in [-0.15, -0.1) is 0 Å². The molecule has 0 aliphatic rings. The van der Waals surface area contributed by atoms with E-state index in [4.69, 9.17) is 11.1 Å². The summed E-state index contributed by atoms with van der Waals surface area (Å²) in [6.07, 6.45) is 0. The van der Waals surface area contributed by atoms with E-state index in [1.807, 2.05) is 26.0 Å². The summed E-state index contributed by atoms with van der Waals surface area (Å²) >= 11 is 0. The number of hydrogen-bond donors (Lipinski definition) is 2. The number of nitrogens with two attached hydrogens (primary N) is 1. The van der Waals surface area contributed by atoms with Gasteiger partial charge in [0.25, 0.3) is 0 Å². The molecule has 1 rings (SSSR count). The molecule has 0 aliphatic heterocycles. The molecule has 0 heterocycles. The zero-order valence-corrected chi connectivity index (χ0v) is 7.73. The minimum absolute atomic E-state index is 0.524. The van der Waals surface area contributed by atoms with Crippen LogP contribution in [0, 0.1) is 19.3 Å². The molecule has 1 aromatic rings. The Hall–Kier alpha value is -1.31. The van der Waals surface area contributed by atoms with Crippen LogP contribution in [0.4, 0.5) is 5.69 Å². The molecule has 0 radical (unpaired) electrons. The van der Waals surface area contributed by atoms with Gasteiger partial charge >= 0.3 is 0 Å². The van der Waals surface area contributed by atoms with E-state index in [-0.39, 0.29) is 0 Å². The molecular weight excluding hydrogens is 148 g/mol. The largest absolute Gasteiger partial charge is 0.398 e. The van der Waals surface area contributed by atoms with Crippen LogP contribution in [-0.4, -0.2) is 5.71 Å². The summed E-state index contributed by atoms with van der Waals surface area (Å²) in [4.78, 5) is 0. The number of nitrogens with one attached hydrogen (secondary N) is 1. The summed E-state index contributed by atoms with van der Waals surface area (Å²) in [5, 5.41) is 7.46. The molecule has 0 amide bonds. The zero-order valence-electron chi connectivity index (χ0n) is 7.73. The second-order valence-electron chi connectivity index (χ2n) is 3.15. The number of nitrogen functional groups attached to an aromatic ring is 1. The quantitative estimate of drug-likeness (QED) is 0.483. The fraction of sp³-hybridized carbons (Fsp3) is 0.300. The lowest BCUT2D eigenvalue weighted by Gasteiger charge is -2.07. The molecule has 0 fully saturated rings. The Kier molecular flexibility index (Phi) is 2.18. The van der Waals surface area contributed by atoms with Crippen LogP contribution in [0.3, 0.4) is 0 Å². The Morgan fingerprint density at radius 3 is 2.25 bits per heavy atom. The Morgan fingerprint density at radius 1 is 1.25 bits per heavy atom. The number of aryl methyl sites for hydroxylation is 2. The summed E-state index contributed by atoms with van der Waals surface area (Å²) in [6.45, 7) is 5.80. The highest BCUT2D eigenvalue weighted by Gasteiger charge is 2.03. The van der Waals surface area contributed by atoms with Crippen LogP contribution in [0.25, 0.3) is 0 Å². The summed E-state index contributed by atoms with van der Waals surface area (Å²) in [5.74, 6) is 0. The lowest BCUT2D eigenvalue weighted by atomic mass is 10.0. The lowest BCUT2D eigenvalue weighted by Crippen LogP contribution is -2.01. The van der Waals surface area contributed by atoms with E-state index < -0.39 is 0 Å². The first kappa shape index (κ1) is 8.78. The van der Waals surface area contributed by atoms with E-state index in [0.717, 1.165) is 5.56 Å². The van der Waals surface area contributed by atoms with Crippen molar-refractivity contribution >= 4 is 11.4 Å². The van der Waals surface area contributed by atoms with Crippen molar-refractivity contribution in [3.63, 3.8) is 0 Å². The number of anilines is 1. The summed E-state index contributed by atoms with van der Waals surface area (Å²) in [7, 11) is 0. The molecule has 0 aliphatic carbocycles. The third-order valence-corrected chi connectivity index (χ3v) is 2.07. The topological polar surface area (TPSA) is 49.9 Å². The smallest absolute Gasteiger partial charge is 0.0408 e. The first-order valence-corrected chi connectivity index (χ1v) is 3.94. The standard InChI is InChI=1S/C10H14N2/c1-6-4-9(8(3)11)10(12)5-7(6)2/h4-5,11H,12H2,1-3H3. The molecule has 12 heavy (non-hydrogen) atoms. The van der Waals surface area contributed by atoms with Crippen LogP contribution in [0.2, 0.25) is 0 Å². The molecule has 2 heteroatoms. The van der Waals surface area contributed by atoms with E-state index in [2.05, 4.69) is 0 Å². The predicted molar refractivity (Wildman–Crippen MR) is 52.8 cm³/mol. The summed E-state index contributed by atoms with van der Waals surface area (Å²) in [5.41, 5.74) is 10.2. The molecule has 0 bridgehead atoms. The fourth-order valence-electron chi connectivity index (χ4n) is 1.16. The molecule has 64 valence electrons. The number of hydrogen-bond acceptors (Lipinski definition) is 2. The van der Waals surface area contributed by atoms with Gasteiger partial charge in [-0.05, 0) is 44.0 Å². The van der Waals surface area contributed by atoms with E-state index in [1.54, 1.807) is 6.92 Å². The van der Waals surface area contributed by atoms with Crippen LogP contribution in [0.1, 0.15) is 23.6 Å². The van der Waals surface area contributed by atoms with Crippen molar-refractivity contribution in [2.45, 2.75) is 20.8 Å². The average molecular weight is 162 g/mol. The first-order valence-electron chi connectivity index (χ1n) is 3.94. The molecule has 0 unspecified atom stereocenters. The van der Waals surface area contributed by atoms with E-state index in [0.29, 0.717) is 11.4 Å². The Balaban J connectivity index is 3.33. The minimum Gasteiger partial charge on any atom is -0.398 e. The van der Waals surface area contributed by atoms with Crippen molar-refractivity contribution < 1.29 is 0 Å². The maximum atomic E-state index is 7.46. The maximum Gasteiger partial charge on any atom is 0.0408 e. The van der Waals surface area contributed by atoms with E-state index in [1.165, 1.54) is 11.1 Å².